The highest BCUT2D eigenvalue weighted by atomic mass is 16.3. The average molecular weight is 234 g/mol. The van der Waals surface area contributed by atoms with Crippen LogP contribution in [0.15, 0.2) is 24.3 Å². The van der Waals surface area contributed by atoms with Crippen LogP contribution in [-0.4, -0.2) is 31.3 Å². The smallest absolute Gasteiger partial charge is 0.0606 e. The van der Waals surface area contributed by atoms with E-state index >= 15 is 0 Å². The highest BCUT2D eigenvalue weighted by molar-refractivity contribution is 5.50. The summed E-state index contributed by atoms with van der Waals surface area (Å²) in [5.41, 5.74) is 2.53. The second-order valence-electron chi connectivity index (χ2n) is 4.75. The number of rotatable bonds is 6. The molecule has 1 atom stereocenters. The highest BCUT2D eigenvalue weighted by Gasteiger charge is 2.28. The first kappa shape index (κ1) is 12.4. The Balaban J connectivity index is 2.09. The molecule has 1 aromatic rings. The Morgan fingerprint density at radius 2 is 2.00 bits per heavy atom. The quantitative estimate of drug-likeness (QED) is 0.789. The van der Waals surface area contributed by atoms with E-state index < -0.39 is 0 Å². The van der Waals surface area contributed by atoms with E-state index in [9.17, 15) is 0 Å². The fourth-order valence-corrected chi connectivity index (χ4v) is 2.14. The van der Waals surface area contributed by atoms with Crippen LogP contribution >= 0.6 is 0 Å². The van der Waals surface area contributed by atoms with Gasteiger partial charge in [-0.25, -0.2) is 0 Å². The Hall–Kier alpha value is -1.06. The van der Waals surface area contributed by atoms with Crippen LogP contribution in [0.25, 0.3) is 0 Å². The average Bonchev–Trinajstić information content (AvgIpc) is 3.19. The molecule has 1 aromatic carbocycles. The van der Waals surface area contributed by atoms with Gasteiger partial charge in [0.05, 0.1) is 6.61 Å². The number of aliphatic hydroxyl groups is 1. The van der Waals surface area contributed by atoms with Gasteiger partial charge >= 0.3 is 0 Å². The minimum Gasteiger partial charge on any atom is -0.395 e. The van der Waals surface area contributed by atoms with Crippen molar-refractivity contribution in [2.75, 3.05) is 25.1 Å². The van der Waals surface area contributed by atoms with E-state index in [1.807, 2.05) is 7.05 Å². The van der Waals surface area contributed by atoms with Crippen LogP contribution in [0.4, 0.5) is 5.69 Å². The van der Waals surface area contributed by atoms with E-state index in [1.165, 1.54) is 24.1 Å². The van der Waals surface area contributed by atoms with E-state index in [4.69, 9.17) is 5.11 Å². The topological polar surface area (TPSA) is 35.5 Å². The van der Waals surface area contributed by atoms with Crippen LogP contribution in [0.2, 0.25) is 0 Å². The molecule has 1 aliphatic carbocycles. The van der Waals surface area contributed by atoms with Crippen molar-refractivity contribution in [2.45, 2.75) is 31.8 Å². The van der Waals surface area contributed by atoms with E-state index in [2.05, 4.69) is 41.4 Å². The monoisotopic (exact) mass is 234 g/mol. The lowest BCUT2D eigenvalue weighted by atomic mass is 10.1. The molecule has 2 rings (SSSR count). The van der Waals surface area contributed by atoms with Crippen molar-refractivity contribution in [1.82, 2.24) is 5.32 Å². The first-order valence-corrected chi connectivity index (χ1v) is 6.41. The maximum absolute atomic E-state index is 9.10. The number of anilines is 1. The lowest BCUT2D eigenvalue weighted by Gasteiger charge is -2.24. The van der Waals surface area contributed by atoms with Crippen molar-refractivity contribution in [3.05, 3.63) is 29.8 Å². The Bertz CT molecular complexity index is 346. The first-order valence-electron chi connectivity index (χ1n) is 6.41. The number of aliphatic hydroxyl groups excluding tert-OH is 1. The third-order valence-electron chi connectivity index (χ3n) is 3.49. The molecule has 0 amide bonds. The maximum Gasteiger partial charge on any atom is 0.0606 e. The van der Waals surface area contributed by atoms with E-state index in [-0.39, 0.29) is 6.61 Å². The highest BCUT2D eigenvalue weighted by Crippen LogP contribution is 2.31. The summed E-state index contributed by atoms with van der Waals surface area (Å²) in [6.45, 7) is 3.12. The standard InChI is InChI=1S/C14H22N2O/c1-11(15-2)12-3-5-13(6-4-12)16(9-10-17)14-7-8-14/h3-6,11,14-15,17H,7-10H2,1-2H3. The molecule has 3 heteroatoms. The number of hydrogen-bond donors (Lipinski definition) is 2. The van der Waals surface area contributed by atoms with Crippen molar-refractivity contribution in [3.8, 4) is 0 Å². The lowest BCUT2D eigenvalue weighted by molar-refractivity contribution is 0.301. The molecule has 1 aliphatic rings. The third kappa shape index (κ3) is 2.99. The van der Waals surface area contributed by atoms with Crippen molar-refractivity contribution in [1.29, 1.82) is 0 Å². The van der Waals surface area contributed by atoms with E-state index in [0.29, 0.717) is 12.1 Å². The molecule has 1 fully saturated rings. The molecule has 1 unspecified atom stereocenters. The van der Waals surface area contributed by atoms with Crippen molar-refractivity contribution in [2.24, 2.45) is 0 Å². The van der Waals surface area contributed by atoms with Crippen LogP contribution < -0.4 is 10.2 Å². The minimum atomic E-state index is 0.227. The van der Waals surface area contributed by atoms with Crippen molar-refractivity contribution >= 4 is 5.69 Å². The summed E-state index contributed by atoms with van der Waals surface area (Å²) in [7, 11) is 1.97. The summed E-state index contributed by atoms with van der Waals surface area (Å²) in [5.74, 6) is 0. The van der Waals surface area contributed by atoms with E-state index in [1.54, 1.807) is 0 Å². The lowest BCUT2D eigenvalue weighted by Crippen LogP contribution is -2.28. The predicted octanol–water partition coefficient (Wildman–Crippen LogP) is 1.93. The number of nitrogens with one attached hydrogen (secondary N) is 1. The second kappa shape index (κ2) is 5.52. The fraction of sp³-hybridized carbons (Fsp3) is 0.571. The van der Waals surface area contributed by atoms with Crippen LogP contribution in [0, 0.1) is 0 Å². The molecule has 0 spiro atoms. The number of benzene rings is 1. The molecule has 0 saturated heterocycles. The van der Waals surface area contributed by atoms with Gasteiger partial charge in [0, 0.05) is 24.3 Å². The van der Waals surface area contributed by atoms with Gasteiger partial charge in [0.25, 0.3) is 0 Å². The Morgan fingerprint density at radius 1 is 1.35 bits per heavy atom. The summed E-state index contributed by atoms with van der Waals surface area (Å²) in [4.78, 5) is 2.31. The summed E-state index contributed by atoms with van der Waals surface area (Å²) in [6.07, 6.45) is 2.52. The van der Waals surface area contributed by atoms with Crippen molar-refractivity contribution < 1.29 is 5.11 Å². The Labute approximate surface area is 103 Å². The third-order valence-corrected chi connectivity index (χ3v) is 3.49. The van der Waals surface area contributed by atoms with E-state index in [0.717, 1.165) is 6.54 Å². The zero-order chi connectivity index (χ0) is 12.3. The molecular formula is C14H22N2O. The van der Waals surface area contributed by atoms with Gasteiger partial charge in [-0.15, -0.1) is 0 Å². The van der Waals surface area contributed by atoms with Crippen LogP contribution in [0.1, 0.15) is 31.4 Å². The minimum absolute atomic E-state index is 0.227. The fourth-order valence-electron chi connectivity index (χ4n) is 2.14. The van der Waals surface area contributed by atoms with Gasteiger partial charge in [0.1, 0.15) is 0 Å². The first-order chi connectivity index (χ1) is 8.26. The van der Waals surface area contributed by atoms with Gasteiger partial charge in [-0.3, -0.25) is 0 Å². The molecule has 0 aliphatic heterocycles. The summed E-state index contributed by atoms with van der Waals surface area (Å²) < 4.78 is 0. The summed E-state index contributed by atoms with van der Waals surface area (Å²) in [6, 6.07) is 9.70. The molecule has 0 bridgehead atoms. The molecule has 0 radical (unpaired) electrons. The second-order valence-corrected chi connectivity index (χ2v) is 4.75. The van der Waals surface area contributed by atoms with Gasteiger partial charge in [0.2, 0.25) is 0 Å². The predicted molar refractivity (Wildman–Crippen MR) is 71.4 cm³/mol. The molecule has 3 nitrogen and oxygen atoms in total. The van der Waals surface area contributed by atoms with Crippen LogP contribution in [0.3, 0.4) is 0 Å². The maximum atomic E-state index is 9.10. The Kier molecular flexibility index (Phi) is 4.02. The molecular weight excluding hydrogens is 212 g/mol. The number of nitrogens with zero attached hydrogens (tertiary/aromatic N) is 1. The molecule has 0 heterocycles. The summed E-state index contributed by atoms with van der Waals surface area (Å²) >= 11 is 0. The zero-order valence-corrected chi connectivity index (χ0v) is 10.7. The SMILES string of the molecule is CNC(C)c1ccc(N(CCO)C2CC2)cc1. The number of hydrogen-bond acceptors (Lipinski definition) is 3. The Morgan fingerprint density at radius 3 is 2.47 bits per heavy atom. The molecule has 2 N–H and O–H groups in total. The molecule has 1 saturated carbocycles. The molecule has 94 valence electrons. The van der Waals surface area contributed by atoms with Gasteiger partial charge in [0.15, 0.2) is 0 Å². The van der Waals surface area contributed by atoms with Crippen LogP contribution in [0.5, 0.6) is 0 Å². The summed E-state index contributed by atoms with van der Waals surface area (Å²) in [5, 5.41) is 12.3. The zero-order valence-electron chi connectivity index (χ0n) is 10.7. The van der Waals surface area contributed by atoms with Crippen molar-refractivity contribution in [3.63, 3.8) is 0 Å². The molecule has 17 heavy (non-hydrogen) atoms. The van der Waals surface area contributed by atoms with Gasteiger partial charge in [-0.1, -0.05) is 12.1 Å². The van der Waals surface area contributed by atoms with Gasteiger partial charge in [-0.05, 0) is 44.5 Å². The van der Waals surface area contributed by atoms with Gasteiger partial charge < -0.3 is 15.3 Å². The van der Waals surface area contributed by atoms with Crippen LogP contribution in [-0.2, 0) is 0 Å². The normalized spacial score (nSPS) is 16.9. The van der Waals surface area contributed by atoms with Gasteiger partial charge in [-0.2, -0.15) is 0 Å². The largest absolute Gasteiger partial charge is 0.395 e. The molecule has 0 aromatic heterocycles.